The minimum Gasteiger partial charge on any atom is -0.493 e. The topological polar surface area (TPSA) is 79.5 Å². The number of pyridine rings is 1. The van der Waals surface area contributed by atoms with Gasteiger partial charge >= 0.3 is 6.18 Å². The first-order valence-electron chi connectivity index (χ1n) is 6.94. The summed E-state index contributed by atoms with van der Waals surface area (Å²) in [4.78, 5) is 3.64. The van der Waals surface area contributed by atoms with E-state index in [9.17, 15) is 13.2 Å². The van der Waals surface area contributed by atoms with Crippen molar-refractivity contribution in [3.63, 3.8) is 0 Å². The second-order valence-electron chi connectivity index (χ2n) is 4.66. The molecule has 1 aromatic heterocycles. The van der Waals surface area contributed by atoms with Crippen molar-refractivity contribution in [2.24, 2.45) is 5.10 Å². The van der Waals surface area contributed by atoms with E-state index in [1.54, 1.807) is 18.2 Å². The molecule has 0 unspecified atom stereocenters. The number of nitriles is 1. The second kappa shape index (κ2) is 8.01. The van der Waals surface area contributed by atoms with Crippen LogP contribution in [0.1, 0.15) is 11.1 Å². The van der Waals surface area contributed by atoms with E-state index in [1.165, 1.54) is 19.4 Å². The third kappa shape index (κ3) is 5.10. The molecule has 6 nitrogen and oxygen atoms in total. The zero-order chi connectivity index (χ0) is 18.3. The van der Waals surface area contributed by atoms with E-state index in [4.69, 9.17) is 14.7 Å². The monoisotopic (exact) mass is 350 g/mol. The maximum Gasteiger partial charge on any atom is 0.417 e. The van der Waals surface area contributed by atoms with Gasteiger partial charge in [0.25, 0.3) is 0 Å². The van der Waals surface area contributed by atoms with Crippen LogP contribution < -0.4 is 14.9 Å². The summed E-state index contributed by atoms with van der Waals surface area (Å²) in [6, 6.07) is 8.89. The van der Waals surface area contributed by atoms with Crippen LogP contribution in [0.2, 0.25) is 0 Å². The molecule has 1 N–H and O–H groups in total. The summed E-state index contributed by atoms with van der Waals surface area (Å²) < 4.78 is 47.7. The maximum absolute atomic E-state index is 12.4. The van der Waals surface area contributed by atoms with Crippen LogP contribution in [0.15, 0.2) is 41.6 Å². The van der Waals surface area contributed by atoms with Crippen molar-refractivity contribution in [2.45, 2.75) is 6.18 Å². The fourth-order valence-corrected chi connectivity index (χ4v) is 1.79. The van der Waals surface area contributed by atoms with Crippen LogP contribution in [0.3, 0.4) is 0 Å². The molecule has 0 aliphatic carbocycles. The number of methoxy groups -OCH3 is 1. The fourth-order valence-electron chi connectivity index (χ4n) is 1.79. The molecule has 0 radical (unpaired) electrons. The lowest BCUT2D eigenvalue weighted by molar-refractivity contribution is -0.137. The number of benzene rings is 1. The molecule has 2 rings (SSSR count). The van der Waals surface area contributed by atoms with Gasteiger partial charge in [0.1, 0.15) is 11.9 Å². The largest absolute Gasteiger partial charge is 0.493 e. The van der Waals surface area contributed by atoms with Crippen molar-refractivity contribution in [3.8, 4) is 17.6 Å². The van der Waals surface area contributed by atoms with Crippen molar-refractivity contribution >= 4 is 12.0 Å². The van der Waals surface area contributed by atoms with Crippen LogP contribution >= 0.6 is 0 Å². The summed E-state index contributed by atoms with van der Waals surface area (Å²) in [7, 11) is 1.46. The van der Waals surface area contributed by atoms with Crippen LogP contribution in [0, 0.1) is 11.3 Å². The molecule has 9 heteroatoms. The Hall–Kier alpha value is -3.28. The standard InChI is InChI=1S/C16H13F3N4O2/c1-24-14-8-11(2-4-13(14)25-7-6-20)9-22-23-15-5-3-12(10-21-15)16(17,18)19/h2-5,8-10H,7H2,1H3,(H,21,23). The fraction of sp³-hybridized carbons (Fsp3) is 0.188. The normalized spacial score (nSPS) is 11.2. The Morgan fingerprint density at radius 1 is 1.28 bits per heavy atom. The number of anilines is 1. The summed E-state index contributed by atoms with van der Waals surface area (Å²) in [5, 5.41) is 12.4. The number of alkyl halides is 3. The van der Waals surface area contributed by atoms with E-state index in [1.807, 2.05) is 6.07 Å². The smallest absolute Gasteiger partial charge is 0.417 e. The Morgan fingerprint density at radius 3 is 2.68 bits per heavy atom. The number of hydrazone groups is 1. The molecule has 0 aliphatic heterocycles. The van der Waals surface area contributed by atoms with Crippen molar-refractivity contribution in [1.82, 2.24) is 4.98 Å². The van der Waals surface area contributed by atoms with Gasteiger partial charge in [-0.05, 0) is 35.9 Å². The van der Waals surface area contributed by atoms with E-state index >= 15 is 0 Å². The van der Waals surface area contributed by atoms with E-state index in [0.717, 1.165) is 12.3 Å². The molecule has 2 aromatic rings. The van der Waals surface area contributed by atoms with E-state index in [-0.39, 0.29) is 12.4 Å². The van der Waals surface area contributed by atoms with Gasteiger partial charge in [0.2, 0.25) is 0 Å². The Labute approximate surface area is 141 Å². The molecule has 0 spiro atoms. The van der Waals surface area contributed by atoms with Crippen molar-refractivity contribution in [1.29, 1.82) is 5.26 Å². The quantitative estimate of drug-likeness (QED) is 0.637. The third-order valence-corrected chi connectivity index (χ3v) is 2.96. The maximum atomic E-state index is 12.4. The van der Waals surface area contributed by atoms with Gasteiger partial charge in [-0.25, -0.2) is 4.98 Å². The van der Waals surface area contributed by atoms with Crippen molar-refractivity contribution in [3.05, 3.63) is 47.7 Å². The molecule has 0 amide bonds. The number of ether oxygens (including phenoxy) is 2. The number of rotatable bonds is 6. The molecule has 0 aliphatic rings. The summed E-state index contributed by atoms with van der Waals surface area (Å²) in [6.07, 6.45) is -2.27. The SMILES string of the molecule is COc1cc(C=NNc2ccc(C(F)(F)F)cn2)ccc1OCC#N. The predicted octanol–water partition coefficient (Wildman–Crippen LogP) is 3.46. The summed E-state index contributed by atoms with van der Waals surface area (Å²) in [5.74, 6) is 1.01. The highest BCUT2D eigenvalue weighted by molar-refractivity contribution is 5.81. The second-order valence-corrected chi connectivity index (χ2v) is 4.66. The minimum absolute atomic E-state index is 0.106. The number of hydrogen-bond donors (Lipinski definition) is 1. The first-order valence-corrected chi connectivity index (χ1v) is 6.94. The van der Waals surface area contributed by atoms with Gasteiger partial charge in [-0.3, -0.25) is 5.43 Å². The highest BCUT2D eigenvalue weighted by Crippen LogP contribution is 2.29. The van der Waals surface area contributed by atoms with Gasteiger partial charge in [0, 0.05) is 6.20 Å². The zero-order valence-corrected chi connectivity index (χ0v) is 13.0. The molecular formula is C16H13F3N4O2. The zero-order valence-electron chi connectivity index (χ0n) is 13.0. The molecule has 0 fully saturated rings. The molecule has 130 valence electrons. The molecule has 1 heterocycles. The number of aromatic nitrogens is 1. The highest BCUT2D eigenvalue weighted by Gasteiger charge is 2.30. The molecule has 0 saturated carbocycles. The Balaban J connectivity index is 2.03. The van der Waals surface area contributed by atoms with Crippen LogP contribution in [0.4, 0.5) is 19.0 Å². The van der Waals surface area contributed by atoms with Gasteiger partial charge in [-0.2, -0.15) is 23.5 Å². The average Bonchev–Trinajstić information content (AvgIpc) is 2.60. The number of halogens is 3. The Morgan fingerprint density at radius 2 is 2.08 bits per heavy atom. The number of nitrogens with one attached hydrogen (secondary N) is 1. The summed E-state index contributed by atoms with van der Waals surface area (Å²) in [6.45, 7) is -0.106. The lowest BCUT2D eigenvalue weighted by atomic mass is 10.2. The van der Waals surface area contributed by atoms with E-state index in [0.29, 0.717) is 17.1 Å². The first-order chi connectivity index (χ1) is 11.9. The van der Waals surface area contributed by atoms with Gasteiger partial charge in [-0.1, -0.05) is 0 Å². The Bertz CT molecular complexity index is 783. The average molecular weight is 350 g/mol. The lowest BCUT2D eigenvalue weighted by Gasteiger charge is -2.08. The van der Waals surface area contributed by atoms with E-state index < -0.39 is 11.7 Å². The molecule has 0 bridgehead atoms. The van der Waals surface area contributed by atoms with Gasteiger partial charge in [0.15, 0.2) is 18.1 Å². The van der Waals surface area contributed by atoms with Crippen LogP contribution in [0.5, 0.6) is 11.5 Å². The number of hydrogen-bond acceptors (Lipinski definition) is 6. The molecule has 0 atom stereocenters. The Kier molecular flexibility index (Phi) is 5.79. The lowest BCUT2D eigenvalue weighted by Crippen LogP contribution is -2.05. The number of nitrogens with zero attached hydrogens (tertiary/aromatic N) is 3. The molecular weight excluding hydrogens is 337 g/mol. The van der Waals surface area contributed by atoms with Gasteiger partial charge in [-0.15, -0.1) is 0 Å². The minimum atomic E-state index is -4.43. The summed E-state index contributed by atoms with van der Waals surface area (Å²) in [5.41, 5.74) is 2.35. The molecule has 25 heavy (non-hydrogen) atoms. The van der Waals surface area contributed by atoms with E-state index in [2.05, 4.69) is 15.5 Å². The molecule has 0 saturated heterocycles. The van der Waals surface area contributed by atoms with Gasteiger partial charge in [0.05, 0.1) is 18.9 Å². The van der Waals surface area contributed by atoms with Gasteiger partial charge < -0.3 is 9.47 Å². The molecule has 1 aromatic carbocycles. The van der Waals surface area contributed by atoms with Crippen molar-refractivity contribution in [2.75, 3.05) is 19.1 Å². The predicted molar refractivity (Wildman–Crippen MR) is 84.6 cm³/mol. The van der Waals surface area contributed by atoms with Crippen LogP contribution in [-0.4, -0.2) is 24.9 Å². The third-order valence-electron chi connectivity index (χ3n) is 2.96. The van der Waals surface area contributed by atoms with Crippen molar-refractivity contribution < 1.29 is 22.6 Å². The summed E-state index contributed by atoms with van der Waals surface area (Å²) >= 11 is 0. The van der Waals surface area contributed by atoms with Crippen LogP contribution in [0.25, 0.3) is 0 Å². The first kappa shape index (κ1) is 18.1. The van der Waals surface area contributed by atoms with Crippen LogP contribution in [-0.2, 0) is 6.18 Å². The highest BCUT2D eigenvalue weighted by atomic mass is 19.4.